The van der Waals surface area contributed by atoms with Crippen LogP contribution < -0.4 is 5.32 Å². The summed E-state index contributed by atoms with van der Waals surface area (Å²) < 4.78 is 27.4. The molecule has 0 aliphatic rings. The molecule has 1 heterocycles. The van der Waals surface area contributed by atoms with Crippen LogP contribution in [0.4, 0.5) is 8.78 Å². The van der Waals surface area contributed by atoms with Crippen LogP contribution in [-0.4, -0.2) is 6.54 Å². The summed E-state index contributed by atoms with van der Waals surface area (Å²) in [4.78, 5) is 0. The maximum atomic E-state index is 13.0. The molecule has 2 rings (SSSR count). The average molecular weight is 336 g/mol. The predicted octanol–water partition coefficient (Wildman–Crippen LogP) is 5.23. The summed E-state index contributed by atoms with van der Waals surface area (Å²) in [6, 6.07) is 5.40. The molecule has 1 unspecified atom stereocenters. The Morgan fingerprint density at radius 3 is 2.35 bits per heavy atom. The van der Waals surface area contributed by atoms with Crippen molar-refractivity contribution in [2.45, 2.75) is 19.4 Å². The molecule has 0 fully saturated rings. The zero-order chi connectivity index (χ0) is 14.7. The second-order valence-electron chi connectivity index (χ2n) is 4.48. The van der Waals surface area contributed by atoms with E-state index in [2.05, 4.69) is 5.32 Å². The van der Waals surface area contributed by atoms with E-state index in [1.807, 2.05) is 13.0 Å². The van der Waals surface area contributed by atoms with Gasteiger partial charge in [0.05, 0.1) is 8.67 Å². The van der Waals surface area contributed by atoms with Gasteiger partial charge in [-0.1, -0.05) is 23.2 Å². The number of nitrogens with one attached hydrogen (secondary N) is 1. The molecular formula is C14H13Cl2F2NS. The van der Waals surface area contributed by atoms with Crippen molar-refractivity contribution in [2.75, 3.05) is 6.54 Å². The topological polar surface area (TPSA) is 12.0 Å². The molecule has 0 aliphatic carbocycles. The first-order valence-electron chi connectivity index (χ1n) is 6.09. The van der Waals surface area contributed by atoms with Gasteiger partial charge in [0, 0.05) is 12.1 Å². The molecule has 1 atom stereocenters. The molecule has 0 saturated heterocycles. The van der Waals surface area contributed by atoms with E-state index in [0.717, 1.165) is 11.6 Å². The summed E-state index contributed by atoms with van der Waals surface area (Å²) in [5, 5.41) is 3.26. The van der Waals surface area contributed by atoms with Crippen molar-refractivity contribution in [3.8, 4) is 0 Å². The maximum Gasteiger partial charge on any atom is 0.126 e. The van der Waals surface area contributed by atoms with Crippen LogP contribution in [0.15, 0.2) is 24.3 Å². The van der Waals surface area contributed by atoms with Gasteiger partial charge < -0.3 is 5.32 Å². The van der Waals surface area contributed by atoms with Crippen molar-refractivity contribution in [1.29, 1.82) is 0 Å². The summed E-state index contributed by atoms with van der Waals surface area (Å²) in [5.74, 6) is -1.11. The van der Waals surface area contributed by atoms with E-state index < -0.39 is 11.6 Å². The zero-order valence-electron chi connectivity index (χ0n) is 10.7. The highest BCUT2D eigenvalue weighted by molar-refractivity contribution is 7.20. The van der Waals surface area contributed by atoms with E-state index in [1.54, 1.807) is 0 Å². The van der Waals surface area contributed by atoms with Crippen molar-refractivity contribution in [3.63, 3.8) is 0 Å². The summed E-state index contributed by atoms with van der Waals surface area (Å²) in [5.41, 5.74) is 1.56. The van der Waals surface area contributed by atoms with Crippen LogP contribution in [0.25, 0.3) is 0 Å². The van der Waals surface area contributed by atoms with Gasteiger partial charge in [0.25, 0.3) is 0 Å². The van der Waals surface area contributed by atoms with Gasteiger partial charge in [-0.3, -0.25) is 0 Å². The lowest BCUT2D eigenvalue weighted by Crippen LogP contribution is -2.21. The third kappa shape index (κ3) is 4.16. The molecule has 0 amide bonds. The van der Waals surface area contributed by atoms with Gasteiger partial charge in [-0.2, -0.15) is 0 Å². The quantitative estimate of drug-likeness (QED) is 0.789. The van der Waals surface area contributed by atoms with Crippen molar-refractivity contribution in [1.82, 2.24) is 5.32 Å². The fourth-order valence-corrected chi connectivity index (χ4v) is 3.59. The number of benzene rings is 1. The van der Waals surface area contributed by atoms with Crippen molar-refractivity contribution in [2.24, 2.45) is 0 Å². The first-order chi connectivity index (χ1) is 9.45. The Kier molecular flexibility index (Phi) is 5.38. The van der Waals surface area contributed by atoms with Crippen molar-refractivity contribution in [3.05, 3.63) is 55.7 Å². The number of hydrogen-bond donors (Lipinski definition) is 1. The van der Waals surface area contributed by atoms with Gasteiger partial charge in [0.1, 0.15) is 11.6 Å². The molecule has 0 spiro atoms. The standard InChI is InChI=1S/C14H13Cl2F2NS/c1-8(12-7-13(15)20-14(12)16)19-3-2-9-4-10(17)6-11(18)5-9/h4-8,19H,2-3H2,1H3. The summed E-state index contributed by atoms with van der Waals surface area (Å²) in [7, 11) is 0. The van der Waals surface area contributed by atoms with Gasteiger partial charge in [-0.25, -0.2) is 8.78 Å². The first-order valence-corrected chi connectivity index (χ1v) is 7.66. The second-order valence-corrected chi connectivity index (χ2v) is 6.77. The minimum atomic E-state index is -0.555. The molecule has 2 aromatic rings. The highest BCUT2D eigenvalue weighted by Crippen LogP contribution is 2.34. The van der Waals surface area contributed by atoms with E-state index in [9.17, 15) is 8.78 Å². The Hall–Kier alpha value is -0.680. The van der Waals surface area contributed by atoms with Crippen LogP contribution in [0.1, 0.15) is 24.1 Å². The largest absolute Gasteiger partial charge is 0.310 e. The lowest BCUT2D eigenvalue weighted by molar-refractivity contribution is 0.564. The van der Waals surface area contributed by atoms with Crippen LogP contribution in [0, 0.1) is 11.6 Å². The van der Waals surface area contributed by atoms with Gasteiger partial charge in [-0.05, 0) is 49.2 Å². The highest BCUT2D eigenvalue weighted by atomic mass is 35.5. The Balaban J connectivity index is 1.91. The Labute approximate surface area is 130 Å². The minimum absolute atomic E-state index is 0.0321. The molecule has 20 heavy (non-hydrogen) atoms. The second kappa shape index (κ2) is 6.85. The number of hydrogen-bond acceptors (Lipinski definition) is 2. The molecular weight excluding hydrogens is 323 g/mol. The number of thiophene rings is 1. The van der Waals surface area contributed by atoms with Crippen LogP contribution >= 0.6 is 34.5 Å². The van der Waals surface area contributed by atoms with Crippen LogP contribution in [0.3, 0.4) is 0 Å². The van der Waals surface area contributed by atoms with Gasteiger partial charge in [0.15, 0.2) is 0 Å². The minimum Gasteiger partial charge on any atom is -0.310 e. The summed E-state index contributed by atoms with van der Waals surface area (Å²) >= 11 is 13.3. The third-order valence-corrected chi connectivity index (χ3v) is 4.45. The average Bonchev–Trinajstić information content (AvgIpc) is 2.67. The van der Waals surface area contributed by atoms with Crippen molar-refractivity contribution < 1.29 is 8.78 Å². The normalized spacial score (nSPS) is 12.7. The SMILES string of the molecule is CC(NCCc1cc(F)cc(F)c1)c1cc(Cl)sc1Cl. The van der Waals surface area contributed by atoms with Gasteiger partial charge in [-0.15, -0.1) is 11.3 Å². The lowest BCUT2D eigenvalue weighted by atomic mass is 10.1. The molecule has 108 valence electrons. The molecule has 0 bridgehead atoms. The van der Waals surface area contributed by atoms with Crippen LogP contribution in [0.5, 0.6) is 0 Å². The zero-order valence-corrected chi connectivity index (χ0v) is 13.0. The summed E-state index contributed by atoms with van der Waals surface area (Å²) in [6.45, 7) is 2.56. The molecule has 1 N–H and O–H groups in total. The molecule has 0 saturated carbocycles. The van der Waals surface area contributed by atoms with Crippen LogP contribution in [-0.2, 0) is 6.42 Å². The van der Waals surface area contributed by atoms with Gasteiger partial charge in [0.2, 0.25) is 0 Å². The molecule has 1 aromatic heterocycles. The highest BCUT2D eigenvalue weighted by Gasteiger charge is 2.12. The van der Waals surface area contributed by atoms with Crippen molar-refractivity contribution >= 4 is 34.5 Å². The van der Waals surface area contributed by atoms with E-state index in [-0.39, 0.29) is 6.04 Å². The molecule has 1 aromatic carbocycles. The monoisotopic (exact) mass is 335 g/mol. The van der Waals surface area contributed by atoms with Gasteiger partial charge >= 0.3 is 0 Å². The maximum absolute atomic E-state index is 13.0. The fourth-order valence-electron chi connectivity index (χ4n) is 1.95. The third-order valence-electron chi connectivity index (χ3n) is 2.94. The molecule has 6 heteroatoms. The predicted molar refractivity (Wildman–Crippen MR) is 80.8 cm³/mol. The molecule has 0 aliphatic heterocycles. The number of halogens is 4. The fraction of sp³-hybridized carbons (Fsp3) is 0.286. The summed E-state index contributed by atoms with van der Waals surface area (Å²) in [6.07, 6.45) is 0.536. The smallest absolute Gasteiger partial charge is 0.126 e. The first kappa shape index (κ1) is 15.7. The van der Waals surface area contributed by atoms with E-state index in [4.69, 9.17) is 23.2 Å². The van der Waals surface area contributed by atoms with E-state index >= 15 is 0 Å². The Bertz CT molecular complexity index is 581. The molecule has 1 nitrogen and oxygen atoms in total. The van der Waals surface area contributed by atoms with Crippen LogP contribution in [0.2, 0.25) is 8.67 Å². The molecule has 0 radical (unpaired) electrons. The Morgan fingerprint density at radius 2 is 1.80 bits per heavy atom. The Morgan fingerprint density at radius 1 is 1.15 bits per heavy atom. The van der Waals surface area contributed by atoms with E-state index in [0.29, 0.717) is 27.2 Å². The number of rotatable bonds is 5. The lowest BCUT2D eigenvalue weighted by Gasteiger charge is -2.13. The van der Waals surface area contributed by atoms with E-state index in [1.165, 1.54) is 23.5 Å².